The number of aliphatic hydroxyl groups excluding tert-OH is 1. The summed E-state index contributed by atoms with van der Waals surface area (Å²) in [7, 11) is 1.51. The average Bonchev–Trinajstić information content (AvgIpc) is 2.78. The summed E-state index contributed by atoms with van der Waals surface area (Å²) < 4.78 is 11.1. The predicted octanol–water partition coefficient (Wildman–Crippen LogP) is 3.44. The Bertz CT molecular complexity index is 574. The number of hydrogen-bond acceptors (Lipinski definition) is 4. The fraction of sp³-hybridized carbons (Fsp3) is 0.562. The highest BCUT2D eigenvalue weighted by Crippen LogP contribution is 2.31. The van der Waals surface area contributed by atoms with Gasteiger partial charge in [0, 0.05) is 5.02 Å². The number of aliphatic hydroxyl groups is 1. The minimum Gasteiger partial charge on any atom is -0.495 e. The molecule has 1 fully saturated rings. The van der Waals surface area contributed by atoms with Crippen molar-refractivity contribution in [3.8, 4) is 5.75 Å². The smallest absolute Gasteiger partial charge is 0.326 e. The van der Waals surface area contributed by atoms with Crippen LogP contribution < -0.4 is 10.1 Å². The largest absolute Gasteiger partial charge is 0.495 e. The van der Waals surface area contributed by atoms with E-state index in [1.807, 2.05) is 20.8 Å². The molecule has 0 radical (unpaired) electrons. The highest BCUT2D eigenvalue weighted by Gasteiger charge is 2.38. The van der Waals surface area contributed by atoms with Gasteiger partial charge in [0.2, 0.25) is 0 Å². The van der Waals surface area contributed by atoms with Gasteiger partial charge in [-0.05, 0) is 51.8 Å². The van der Waals surface area contributed by atoms with Gasteiger partial charge >= 0.3 is 6.03 Å². The molecule has 23 heavy (non-hydrogen) atoms. The summed E-state index contributed by atoms with van der Waals surface area (Å²) in [6.45, 7) is 5.73. The van der Waals surface area contributed by atoms with E-state index in [1.54, 1.807) is 18.2 Å². The molecule has 6 nitrogen and oxygen atoms in total. The second kappa shape index (κ2) is 6.95. The van der Waals surface area contributed by atoms with Crippen molar-refractivity contribution in [2.24, 2.45) is 0 Å². The molecule has 1 aromatic rings. The Morgan fingerprint density at radius 2 is 2.09 bits per heavy atom. The lowest BCUT2D eigenvalue weighted by Crippen LogP contribution is -2.47. The van der Waals surface area contributed by atoms with E-state index in [0.29, 0.717) is 29.3 Å². The highest BCUT2D eigenvalue weighted by molar-refractivity contribution is 6.31. The van der Waals surface area contributed by atoms with Crippen molar-refractivity contribution in [3.63, 3.8) is 0 Å². The number of anilines is 1. The van der Waals surface area contributed by atoms with Gasteiger partial charge in [-0.3, -0.25) is 4.90 Å². The standard InChI is InChI=1S/C16H23ClN2O4/c1-16(2,3)23-14-8-7-13(20)19(14)15(21)18-11-9-10(17)5-6-12(11)22-4/h5-6,9,13-14,20H,7-8H2,1-4H3,(H,18,21). The molecular weight excluding hydrogens is 320 g/mol. The van der Waals surface area contributed by atoms with Crippen molar-refractivity contribution in [1.29, 1.82) is 0 Å². The molecule has 2 atom stereocenters. The molecule has 0 saturated carbocycles. The van der Waals surface area contributed by atoms with Crippen molar-refractivity contribution in [3.05, 3.63) is 23.2 Å². The zero-order valence-electron chi connectivity index (χ0n) is 13.8. The molecule has 128 valence electrons. The molecular formula is C16H23ClN2O4. The lowest BCUT2D eigenvalue weighted by atomic mass is 10.2. The summed E-state index contributed by atoms with van der Waals surface area (Å²) in [5.74, 6) is 0.490. The van der Waals surface area contributed by atoms with Gasteiger partial charge in [-0.2, -0.15) is 0 Å². The van der Waals surface area contributed by atoms with Crippen LogP contribution in [0, 0.1) is 0 Å². The molecule has 1 aromatic carbocycles. The van der Waals surface area contributed by atoms with E-state index < -0.39 is 24.1 Å². The zero-order valence-corrected chi connectivity index (χ0v) is 14.6. The molecule has 1 aliphatic rings. The number of ether oxygens (including phenoxy) is 2. The van der Waals surface area contributed by atoms with Crippen LogP contribution in [0.3, 0.4) is 0 Å². The van der Waals surface area contributed by atoms with Gasteiger partial charge in [-0.25, -0.2) is 4.79 Å². The van der Waals surface area contributed by atoms with Gasteiger partial charge in [0.15, 0.2) is 0 Å². The van der Waals surface area contributed by atoms with Crippen LogP contribution in [-0.2, 0) is 4.74 Å². The third-order valence-corrected chi connectivity index (χ3v) is 3.67. The van der Waals surface area contributed by atoms with E-state index in [4.69, 9.17) is 21.1 Å². The minimum atomic E-state index is -0.882. The van der Waals surface area contributed by atoms with Crippen molar-refractivity contribution in [2.45, 2.75) is 51.7 Å². The van der Waals surface area contributed by atoms with Crippen LogP contribution in [0.1, 0.15) is 33.6 Å². The quantitative estimate of drug-likeness (QED) is 0.882. The maximum absolute atomic E-state index is 12.6. The van der Waals surface area contributed by atoms with E-state index in [9.17, 15) is 9.90 Å². The maximum atomic E-state index is 12.6. The maximum Gasteiger partial charge on any atom is 0.326 e. The van der Waals surface area contributed by atoms with E-state index in [-0.39, 0.29) is 0 Å². The fourth-order valence-corrected chi connectivity index (χ4v) is 2.68. The lowest BCUT2D eigenvalue weighted by molar-refractivity contribution is -0.123. The first-order valence-electron chi connectivity index (χ1n) is 7.50. The summed E-state index contributed by atoms with van der Waals surface area (Å²) in [6, 6.07) is 4.48. The number of likely N-dealkylation sites (tertiary alicyclic amines) is 1. The Kier molecular flexibility index (Phi) is 5.39. The molecule has 0 aromatic heterocycles. The third-order valence-electron chi connectivity index (χ3n) is 3.43. The molecule has 1 saturated heterocycles. The number of halogens is 1. The first kappa shape index (κ1) is 17.8. The molecule has 1 heterocycles. The van der Waals surface area contributed by atoms with Crippen LogP contribution >= 0.6 is 11.6 Å². The van der Waals surface area contributed by atoms with Crippen molar-refractivity contribution in [1.82, 2.24) is 4.90 Å². The number of carbonyl (C=O) groups excluding carboxylic acids is 1. The van der Waals surface area contributed by atoms with Crippen LogP contribution in [0.2, 0.25) is 5.02 Å². The molecule has 0 aliphatic carbocycles. The van der Waals surface area contributed by atoms with E-state index in [0.717, 1.165) is 0 Å². The molecule has 2 rings (SSSR count). The number of methoxy groups -OCH3 is 1. The summed E-state index contributed by atoms with van der Waals surface area (Å²) in [5.41, 5.74) is 0.0275. The molecule has 0 bridgehead atoms. The van der Waals surface area contributed by atoms with E-state index in [2.05, 4.69) is 5.32 Å². The highest BCUT2D eigenvalue weighted by atomic mass is 35.5. The zero-order chi connectivity index (χ0) is 17.2. The van der Waals surface area contributed by atoms with Gasteiger partial charge in [0.25, 0.3) is 0 Å². The second-order valence-corrected chi connectivity index (χ2v) is 6.86. The van der Waals surface area contributed by atoms with Crippen LogP contribution in [0.15, 0.2) is 18.2 Å². The van der Waals surface area contributed by atoms with Gasteiger partial charge in [-0.15, -0.1) is 0 Å². The monoisotopic (exact) mass is 342 g/mol. The first-order valence-corrected chi connectivity index (χ1v) is 7.88. The van der Waals surface area contributed by atoms with E-state index in [1.165, 1.54) is 12.0 Å². The topological polar surface area (TPSA) is 71.0 Å². The normalized spacial score (nSPS) is 21.4. The summed E-state index contributed by atoms with van der Waals surface area (Å²) in [5, 5.41) is 13.3. The van der Waals surface area contributed by atoms with Crippen LogP contribution in [0.25, 0.3) is 0 Å². The van der Waals surface area contributed by atoms with E-state index >= 15 is 0 Å². The molecule has 1 aliphatic heterocycles. The summed E-state index contributed by atoms with van der Waals surface area (Å²) >= 11 is 5.97. The van der Waals surface area contributed by atoms with Crippen LogP contribution in [-0.4, -0.2) is 41.2 Å². The average molecular weight is 343 g/mol. The fourth-order valence-electron chi connectivity index (χ4n) is 2.51. The third kappa shape index (κ3) is 4.50. The van der Waals surface area contributed by atoms with Crippen LogP contribution in [0.5, 0.6) is 5.75 Å². The molecule has 7 heteroatoms. The lowest BCUT2D eigenvalue weighted by Gasteiger charge is -2.32. The first-order chi connectivity index (χ1) is 10.7. The Labute approximate surface area is 141 Å². The SMILES string of the molecule is COc1ccc(Cl)cc1NC(=O)N1C(O)CCC1OC(C)(C)C. The minimum absolute atomic E-state index is 0.416. The molecule has 0 spiro atoms. The van der Waals surface area contributed by atoms with Crippen LogP contribution in [0.4, 0.5) is 10.5 Å². The van der Waals surface area contributed by atoms with Gasteiger partial charge < -0.3 is 19.9 Å². The number of carbonyl (C=O) groups is 1. The molecule has 2 unspecified atom stereocenters. The Morgan fingerprint density at radius 1 is 1.39 bits per heavy atom. The molecule has 2 amide bonds. The Balaban J connectivity index is 2.16. The summed E-state index contributed by atoms with van der Waals surface area (Å²) in [4.78, 5) is 13.9. The Morgan fingerprint density at radius 3 is 2.70 bits per heavy atom. The predicted molar refractivity (Wildman–Crippen MR) is 88.7 cm³/mol. The number of nitrogens with zero attached hydrogens (tertiary/aromatic N) is 1. The molecule has 2 N–H and O–H groups in total. The Hall–Kier alpha value is -1.50. The van der Waals surface area contributed by atoms with Crippen molar-refractivity contribution >= 4 is 23.3 Å². The number of hydrogen-bond donors (Lipinski definition) is 2. The van der Waals surface area contributed by atoms with Crippen molar-refractivity contribution in [2.75, 3.05) is 12.4 Å². The number of benzene rings is 1. The van der Waals surface area contributed by atoms with Crippen molar-refractivity contribution < 1.29 is 19.4 Å². The summed E-state index contributed by atoms with van der Waals surface area (Å²) in [6.07, 6.45) is -0.304. The number of urea groups is 1. The number of nitrogens with one attached hydrogen (secondary N) is 1. The number of amides is 2. The number of rotatable bonds is 3. The van der Waals surface area contributed by atoms with Gasteiger partial charge in [-0.1, -0.05) is 11.6 Å². The van der Waals surface area contributed by atoms with Gasteiger partial charge in [0.1, 0.15) is 18.2 Å². The van der Waals surface area contributed by atoms with Gasteiger partial charge in [0.05, 0.1) is 18.4 Å². The second-order valence-electron chi connectivity index (χ2n) is 6.42.